The first kappa shape index (κ1) is 36.4. The van der Waals surface area contributed by atoms with Gasteiger partial charge in [0.05, 0.1) is 26.1 Å². The van der Waals surface area contributed by atoms with Crippen molar-refractivity contribution in [3.63, 3.8) is 0 Å². The maximum absolute atomic E-state index is 13.7. The number of aliphatic hydroxyl groups is 2. The third-order valence-corrected chi connectivity index (χ3v) is 14.6. The number of hydrogen-bond acceptors (Lipinski definition) is 13. The van der Waals surface area contributed by atoms with Gasteiger partial charge in [-0.1, -0.05) is 97.1 Å². The summed E-state index contributed by atoms with van der Waals surface area (Å²) in [6.07, 6.45) is -2.87. The molecule has 1 saturated heterocycles. The van der Waals surface area contributed by atoms with Crippen LogP contribution in [0, 0.1) is 0 Å². The average Bonchev–Trinajstić information content (AvgIpc) is 3.93. The Labute approximate surface area is 320 Å². The van der Waals surface area contributed by atoms with E-state index >= 15 is 0 Å². The lowest BCUT2D eigenvalue weighted by Gasteiger charge is -2.27. The molecule has 282 valence electrons. The third kappa shape index (κ3) is 6.65. The maximum atomic E-state index is 13.7. The predicted molar refractivity (Wildman–Crippen MR) is 206 cm³/mol. The largest absolute Gasteiger partial charge is 0.479 e. The van der Waals surface area contributed by atoms with Crippen molar-refractivity contribution in [2.45, 2.75) is 36.4 Å². The lowest BCUT2D eigenvalue weighted by Crippen LogP contribution is -2.33. The van der Waals surface area contributed by atoms with E-state index in [0.29, 0.717) is 0 Å². The van der Waals surface area contributed by atoms with Gasteiger partial charge in [-0.15, -0.1) is 0 Å². The van der Waals surface area contributed by atoms with Crippen LogP contribution >= 0.6 is 14.5 Å². The fraction of sp³-hybridized carbons (Fsp3) is 0.237. The first-order valence-electron chi connectivity index (χ1n) is 17.5. The predicted octanol–water partition coefficient (Wildman–Crippen LogP) is 6.04. The van der Waals surface area contributed by atoms with Crippen LogP contribution in [0.1, 0.15) is 40.3 Å². The van der Waals surface area contributed by atoms with E-state index in [1.165, 1.54) is 17.2 Å². The molecule has 14 nitrogen and oxygen atoms in total. The molecule has 3 heterocycles. The molecule has 3 aliphatic rings. The number of rotatable bonds is 12. The SMILES string of the molecule is Nc1ncnc2c1ncn2C1OC(COP(=O)(O)OP(=S)(OCC2c3ccccc3-c3ccccc32)OCC2c3ccccc3-c3ccccc32)C(O)C1O. The number of phosphoric ester groups is 1. The van der Waals surface area contributed by atoms with Gasteiger partial charge in [0.2, 0.25) is 0 Å². The van der Waals surface area contributed by atoms with Crippen LogP contribution in [-0.2, 0) is 39.0 Å². The normalized spacial score (nSPS) is 21.7. The van der Waals surface area contributed by atoms with Crippen molar-refractivity contribution in [3.05, 3.63) is 132 Å². The van der Waals surface area contributed by atoms with Crippen molar-refractivity contribution in [3.8, 4) is 22.3 Å². The molecule has 1 aliphatic heterocycles. The molecule has 5 unspecified atom stereocenters. The second-order valence-electron chi connectivity index (χ2n) is 13.5. The van der Waals surface area contributed by atoms with Crippen molar-refractivity contribution in [1.82, 2.24) is 19.5 Å². The van der Waals surface area contributed by atoms with Crippen LogP contribution in [-0.4, -0.2) is 72.8 Å². The summed E-state index contributed by atoms with van der Waals surface area (Å²) >= 11 is 5.91. The van der Waals surface area contributed by atoms with Gasteiger partial charge in [0.15, 0.2) is 17.7 Å². The summed E-state index contributed by atoms with van der Waals surface area (Å²) in [4.78, 5) is 23.4. The Hall–Kier alpha value is -4.21. The van der Waals surface area contributed by atoms with E-state index in [9.17, 15) is 19.7 Å². The molecule has 5 atom stereocenters. The number of hydrogen-bond donors (Lipinski definition) is 4. The molecule has 1 fully saturated rings. The summed E-state index contributed by atoms with van der Waals surface area (Å²) in [5, 5.41) is 21.8. The number of nitrogen functional groups attached to an aromatic ring is 1. The Morgan fingerprint density at radius 1 is 0.709 bits per heavy atom. The minimum atomic E-state index is -5.06. The number of anilines is 1. The number of nitrogens with zero attached hydrogens (tertiary/aromatic N) is 4. The topological polar surface area (TPSA) is 194 Å². The van der Waals surface area contributed by atoms with Gasteiger partial charge >= 0.3 is 14.5 Å². The van der Waals surface area contributed by atoms with E-state index in [-0.39, 0.29) is 42.0 Å². The molecule has 4 aromatic carbocycles. The molecule has 55 heavy (non-hydrogen) atoms. The number of aliphatic hydroxyl groups excluding tert-OH is 2. The Bertz CT molecular complexity index is 2330. The first-order valence-corrected chi connectivity index (χ1v) is 21.5. The Morgan fingerprint density at radius 3 is 1.71 bits per heavy atom. The zero-order valence-corrected chi connectivity index (χ0v) is 31.5. The number of aromatic nitrogens is 4. The first-order chi connectivity index (χ1) is 26.6. The number of imidazole rings is 1. The summed E-state index contributed by atoms with van der Waals surface area (Å²) in [5.41, 5.74) is 14.8. The molecule has 9 rings (SSSR count). The van der Waals surface area contributed by atoms with Crippen LogP contribution in [0.5, 0.6) is 0 Å². The van der Waals surface area contributed by atoms with E-state index in [0.717, 1.165) is 44.5 Å². The molecule has 17 heteroatoms. The standard InChI is InChI=1S/C38H35N5O9P2S/c39-36-33-37(41-20-40-36)43(21-42-33)38-35(45)34(44)32(51-38)19-48-53(46,47)52-54(55,49-17-30-26-13-5-1-9-22(26)23-10-2-6-14-27(23)30)50-18-31-28-15-7-3-11-24(28)25-12-4-8-16-29(25)31/h1-16,20-21,30-32,34-35,38,44-45H,17-19H2,(H,46,47)(H2,39,40,41). The minimum absolute atomic E-state index is 0.00556. The number of benzene rings is 4. The van der Waals surface area contributed by atoms with Gasteiger partial charge in [-0.3, -0.25) is 9.09 Å². The fourth-order valence-corrected chi connectivity index (χ4v) is 11.5. The molecule has 0 radical (unpaired) electrons. The molecule has 0 saturated carbocycles. The van der Waals surface area contributed by atoms with Crippen LogP contribution in [0.25, 0.3) is 33.4 Å². The zero-order valence-electron chi connectivity index (χ0n) is 28.9. The van der Waals surface area contributed by atoms with Gasteiger partial charge in [-0.2, -0.15) is 0 Å². The Morgan fingerprint density at radius 2 is 1.20 bits per heavy atom. The van der Waals surface area contributed by atoms with Crippen molar-refractivity contribution < 1.29 is 42.3 Å². The summed E-state index contributed by atoms with van der Waals surface area (Å²) < 4.78 is 44.8. The highest BCUT2D eigenvalue weighted by molar-refractivity contribution is 8.08. The van der Waals surface area contributed by atoms with Gasteiger partial charge in [0.25, 0.3) is 0 Å². The third-order valence-electron chi connectivity index (χ3n) is 10.3. The second kappa shape index (κ2) is 14.4. The van der Waals surface area contributed by atoms with Crippen LogP contribution in [0.15, 0.2) is 110 Å². The van der Waals surface area contributed by atoms with Gasteiger partial charge < -0.3 is 34.6 Å². The lowest BCUT2D eigenvalue weighted by molar-refractivity contribution is -0.0503. The van der Waals surface area contributed by atoms with Crippen molar-refractivity contribution in [1.29, 1.82) is 0 Å². The molecule has 2 aromatic heterocycles. The van der Waals surface area contributed by atoms with E-state index in [4.69, 9.17) is 40.2 Å². The van der Waals surface area contributed by atoms with Gasteiger partial charge in [0.1, 0.15) is 30.2 Å². The smallest absolute Gasteiger partial charge is 0.387 e. The van der Waals surface area contributed by atoms with Crippen LogP contribution in [0.4, 0.5) is 5.82 Å². The van der Waals surface area contributed by atoms with E-state index in [1.54, 1.807) is 0 Å². The van der Waals surface area contributed by atoms with Crippen LogP contribution in [0.3, 0.4) is 0 Å². The van der Waals surface area contributed by atoms with Gasteiger partial charge in [-0.05, 0) is 56.3 Å². The maximum Gasteiger partial charge on any atom is 0.479 e. The average molecular weight is 800 g/mol. The van der Waals surface area contributed by atoms with Crippen LogP contribution in [0.2, 0.25) is 0 Å². The molecular formula is C38H35N5O9P2S. The highest BCUT2D eigenvalue weighted by Gasteiger charge is 2.46. The van der Waals surface area contributed by atoms with Gasteiger partial charge in [0, 0.05) is 11.8 Å². The molecule has 2 aliphatic carbocycles. The van der Waals surface area contributed by atoms with E-state index in [1.807, 2.05) is 97.1 Å². The molecular weight excluding hydrogens is 764 g/mol. The second-order valence-corrected chi connectivity index (χ2v) is 18.1. The number of phosphoric acid groups is 1. The molecule has 6 aromatic rings. The summed E-state index contributed by atoms with van der Waals surface area (Å²) in [6, 6.07) is 31.9. The fourth-order valence-electron chi connectivity index (χ4n) is 7.77. The monoisotopic (exact) mass is 799 g/mol. The minimum Gasteiger partial charge on any atom is -0.387 e. The molecule has 0 bridgehead atoms. The highest BCUT2D eigenvalue weighted by Crippen LogP contribution is 2.65. The molecule has 0 amide bonds. The Kier molecular flexibility index (Phi) is 9.52. The number of ether oxygens (including phenoxy) is 1. The molecule has 5 N–H and O–H groups in total. The number of fused-ring (bicyclic) bond motifs is 7. The highest BCUT2D eigenvalue weighted by atomic mass is 32.5. The molecule has 0 spiro atoms. The number of nitrogens with two attached hydrogens (primary N) is 1. The van der Waals surface area contributed by atoms with Crippen molar-refractivity contribution >= 4 is 43.3 Å². The summed E-state index contributed by atoms with van der Waals surface area (Å²) in [7, 11) is -5.06. The van der Waals surface area contributed by atoms with Gasteiger partial charge in [-0.25, -0.2) is 23.8 Å². The Balaban J connectivity index is 0.956. The quantitative estimate of drug-likeness (QED) is 0.105. The van der Waals surface area contributed by atoms with Crippen molar-refractivity contribution in [2.24, 2.45) is 0 Å². The zero-order chi connectivity index (χ0) is 37.9. The van der Waals surface area contributed by atoms with E-state index < -0.39 is 45.7 Å². The van der Waals surface area contributed by atoms with Crippen LogP contribution < -0.4 is 5.73 Å². The van der Waals surface area contributed by atoms with E-state index in [2.05, 4.69) is 15.0 Å². The van der Waals surface area contributed by atoms with Crippen molar-refractivity contribution in [2.75, 3.05) is 25.6 Å². The summed E-state index contributed by atoms with van der Waals surface area (Å²) in [5.74, 6) is -0.388. The lowest BCUT2D eigenvalue weighted by atomic mass is 9.98. The summed E-state index contributed by atoms with van der Waals surface area (Å²) in [6.45, 7) is -4.73.